The summed E-state index contributed by atoms with van der Waals surface area (Å²) in [6, 6.07) is 8.37. The molecule has 0 radical (unpaired) electrons. The molecule has 1 N–H and O–H groups in total. The van der Waals surface area contributed by atoms with E-state index in [1.807, 2.05) is 0 Å². The summed E-state index contributed by atoms with van der Waals surface area (Å²) in [5, 5.41) is 6.85. The molecule has 166 valence electrons. The van der Waals surface area contributed by atoms with Gasteiger partial charge in [-0.25, -0.2) is 0 Å². The van der Waals surface area contributed by atoms with E-state index in [1.165, 1.54) is 12.1 Å². The Balaban J connectivity index is 1.87. The fraction of sp³-hybridized carbons (Fsp3) is 0.333. The molecule has 1 aliphatic heterocycles. The third-order valence-corrected chi connectivity index (χ3v) is 5.67. The van der Waals surface area contributed by atoms with Crippen molar-refractivity contribution in [1.82, 2.24) is 5.32 Å². The van der Waals surface area contributed by atoms with Gasteiger partial charge in [0, 0.05) is 45.1 Å². The summed E-state index contributed by atoms with van der Waals surface area (Å²) in [6.45, 7) is 3.73. The lowest BCUT2D eigenvalue weighted by Gasteiger charge is -2.29. The highest BCUT2D eigenvalue weighted by molar-refractivity contribution is 6.34. The fourth-order valence-corrected chi connectivity index (χ4v) is 3.88. The number of alkyl halides is 3. The van der Waals surface area contributed by atoms with Crippen molar-refractivity contribution in [2.24, 2.45) is 11.1 Å². The maximum Gasteiger partial charge on any atom is 0.435 e. The molecule has 3 rings (SSSR count). The number of carbonyl (C=O) groups excluding carboxylic acids is 1. The number of nitrogens with one attached hydrogen (secondary N) is 1. The van der Waals surface area contributed by atoms with Crippen LogP contribution in [0.5, 0.6) is 0 Å². The van der Waals surface area contributed by atoms with Crippen molar-refractivity contribution in [3.05, 3.63) is 68.2 Å². The van der Waals surface area contributed by atoms with Gasteiger partial charge in [0.05, 0.1) is 5.71 Å². The van der Waals surface area contributed by atoms with Crippen LogP contribution in [0.2, 0.25) is 15.1 Å². The first kappa shape index (κ1) is 23.7. The third-order valence-electron chi connectivity index (χ3n) is 4.88. The van der Waals surface area contributed by atoms with Crippen molar-refractivity contribution in [3.8, 4) is 0 Å². The second-order valence-electron chi connectivity index (χ2n) is 7.47. The molecule has 1 amide bonds. The summed E-state index contributed by atoms with van der Waals surface area (Å²) >= 11 is 18.1. The molecule has 0 bridgehead atoms. The lowest BCUT2D eigenvalue weighted by Crippen LogP contribution is -2.42. The second kappa shape index (κ2) is 8.88. The van der Waals surface area contributed by atoms with E-state index in [-0.39, 0.29) is 39.7 Å². The van der Waals surface area contributed by atoms with Gasteiger partial charge in [-0.2, -0.15) is 13.2 Å². The molecule has 4 nitrogen and oxygen atoms in total. The molecule has 0 fully saturated rings. The van der Waals surface area contributed by atoms with Crippen LogP contribution in [0.15, 0.2) is 41.6 Å². The molecular formula is C21H18Cl3F3N2O2. The van der Waals surface area contributed by atoms with E-state index in [2.05, 4.69) is 10.5 Å². The second-order valence-corrected chi connectivity index (χ2v) is 8.75. The van der Waals surface area contributed by atoms with Crippen LogP contribution in [0.25, 0.3) is 0 Å². The Hall–Kier alpha value is -1.96. The maximum absolute atomic E-state index is 14.1. The first-order chi connectivity index (χ1) is 14.4. The molecule has 0 saturated carbocycles. The fourth-order valence-electron chi connectivity index (χ4n) is 3.10. The number of hydrogen-bond acceptors (Lipinski definition) is 3. The van der Waals surface area contributed by atoms with E-state index in [1.54, 1.807) is 26.0 Å². The van der Waals surface area contributed by atoms with Gasteiger partial charge in [0.1, 0.15) is 0 Å². The molecule has 0 saturated heterocycles. The Morgan fingerprint density at radius 3 is 2.35 bits per heavy atom. The number of halogens is 6. The molecule has 31 heavy (non-hydrogen) atoms. The predicted octanol–water partition coefficient (Wildman–Crippen LogP) is 6.50. The van der Waals surface area contributed by atoms with Gasteiger partial charge < -0.3 is 10.2 Å². The van der Waals surface area contributed by atoms with E-state index in [9.17, 15) is 18.0 Å². The van der Waals surface area contributed by atoms with Gasteiger partial charge in [0.25, 0.3) is 5.60 Å². The Kier molecular flexibility index (Phi) is 6.79. The Bertz CT molecular complexity index is 1020. The summed E-state index contributed by atoms with van der Waals surface area (Å²) in [7, 11) is 0. The molecule has 2 aromatic carbocycles. The first-order valence-electron chi connectivity index (χ1n) is 9.28. The number of amides is 1. The summed E-state index contributed by atoms with van der Waals surface area (Å²) in [6.07, 6.45) is -5.36. The van der Waals surface area contributed by atoms with Gasteiger partial charge in [-0.15, -0.1) is 0 Å². The lowest BCUT2D eigenvalue weighted by molar-refractivity contribution is -0.275. The van der Waals surface area contributed by atoms with Crippen molar-refractivity contribution < 1.29 is 22.8 Å². The minimum atomic E-state index is -4.78. The van der Waals surface area contributed by atoms with Crippen molar-refractivity contribution in [3.63, 3.8) is 0 Å². The number of benzene rings is 2. The number of oxime groups is 1. The minimum absolute atomic E-state index is 0.0546. The Labute approximate surface area is 192 Å². The van der Waals surface area contributed by atoms with Gasteiger partial charge in [0.15, 0.2) is 0 Å². The molecule has 2 aromatic rings. The maximum atomic E-state index is 14.1. The minimum Gasteiger partial charge on any atom is -0.374 e. The van der Waals surface area contributed by atoms with Crippen molar-refractivity contribution >= 4 is 46.4 Å². The van der Waals surface area contributed by atoms with Crippen LogP contribution < -0.4 is 5.32 Å². The standard InChI is InChI=1S/C21H18Cl3F3N2O2/c1-11(2)19(30)28-10-13-4-3-12(5-17(13)24)18-9-20(31-29-18,21(25,26)27)14-6-15(22)8-16(23)7-14/h3-8,11H,9-10H2,1-2H3,(H,28,30). The van der Waals surface area contributed by atoms with Crippen LogP contribution in [0, 0.1) is 5.92 Å². The molecule has 1 atom stereocenters. The van der Waals surface area contributed by atoms with Crippen molar-refractivity contribution in [2.75, 3.05) is 0 Å². The van der Waals surface area contributed by atoms with Gasteiger partial charge in [-0.05, 0) is 29.8 Å². The van der Waals surface area contributed by atoms with Crippen molar-refractivity contribution in [2.45, 2.75) is 38.6 Å². The van der Waals surface area contributed by atoms with Crippen LogP contribution in [0.3, 0.4) is 0 Å². The molecule has 0 aromatic heterocycles. The average Bonchev–Trinajstić information content (AvgIpc) is 3.12. The summed E-state index contributed by atoms with van der Waals surface area (Å²) in [5.41, 5.74) is -1.87. The van der Waals surface area contributed by atoms with Gasteiger partial charge in [-0.1, -0.05) is 65.9 Å². The Morgan fingerprint density at radius 1 is 1.16 bits per heavy atom. The summed E-state index contributed by atoms with van der Waals surface area (Å²) in [5.74, 6) is -0.317. The van der Waals surface area contributed by atoms with Crippen LogP contribution in [0.1, 0.15) is 37.0 Å². The molecule has 10 heteroatoms. The zero-order valence-corrected chi connectivity index (χ0v) is 18.8. The summed E-state index contributed by atoms with van der Waals surface area (Å²) in [4.78, 5) is 16.7. The Morgan fingerprint density at radius 2 is 1.81 bits per heavy atom. The average molecular weight is 494 g/mol. The monoisotopic (exact) mass is 492 g/mol. The molecule has 1 heterocycles. The molecular weight excluding hydrogens is 476 g/mol. The van der Waals surface area contributed by atoms with E-state index in [0.717, 1.165) is 12.1 Å². The smallest absolute Gasteiger partial charge is 0.374 e. The molecule has 1 unspecified atom stereocenters. The SMILES string of the molecule is CC(C)C(=O)NCc1ccc(C2=NOC(c3cc(Cl)cc(Cl)c3)(C(F)(F)F)C2)cc1Cl. The highest BCUT2D eigenvalue weighted by Gasteiger charge is 2.62. The molecule has 1 aliphatic rings. The third kappa shape index (κ3) is 4.94. The van der Waals surface area contributed by atoms with Gasteiger partial charge >= 0.3 is 6.18 Å². The highest BCUT2D eigenvalue weighted by atomic mass is 35.5. The van der Waals surface area contributed by atoms with E-state index < -0.39 is 18.2 Å². The quantitative estimate of drug-likeness (QED) is 0.517. The highest BCUT2D eigenvalue weighted by Crippen LogP contribution is 2.49. The van der Waals surface area contributed by atoms with Crippen LogP contribution in [-0.4, -0.2) is 17.8 Å². The zero-order chi connectivity index (χ0) is 23.0. The normalized spacial score (nSPS) is 18.7. The number of rotatable bonds is 5. The molecule has 0 aliphatic carbocycles. The number of nitrogens with zero attached hydrogens (tertiary/aromatic N) is 1. The summed E-state index contributed by atoms with van der Waals surface area (Å²) < 4.78 is 42.3. The van der Waals surface area contributed by atoms with Crippen LogP contribution >= 0.6 is 34.8 Å². The van der Waals surface area contributed by atoms with Crippen LogP contribution in [-0.2, 0) is 21.8 Å². The zero-order valence-electron chi connectivity index (χ0n) is 16.5. The molecule has 0 spiro atoms. The van der Waals surface area contributed by atoms with E-state index >= 15 is 0 Å². The lowest BCUT2D eigenvalue weighted by atomic mass is 9.86. The van der Waals surface area contributed by atoms with Crippen molar-refractivity contribution in [1.29, 1.82) is 0 Å². The van der Waals surface area contributed by atoms with E-state index in [4.69, 9.17) is 39.6 Å². The number of hydrogen-bond donors (Lipinski definition) is 1. The number of carbonyl (C=O) groups is 1. The topological polar surface area (TPSA) is 50.7 Å². The predicted molar refractivity (Wildman–Crippen MR) is 115 cm³/mol. The van der Waals surface area contributed by atoms with Gasteiger partial charge in [0.2, 0.25) is 5.91 Å². The first-order valence-corrected chi connectivity index (χ1v) is 10.4. The van der Waals surface area contributed by atoms with Gasteiger partial charge in [-0.3, -0.25) is 4.79 Å². The van der Waals surface area contributed by atoms with Crippen LogP contribution in [0.4, 0.5) is 13.2 Å². The van der Waals surface area contributed by atoms with E-state index in [0.29, 0.717) is 16.1 Å². The largest absolute Gasteiger partial charge is 0.435 e.